The maximum absolute atomic E-state index is 11.4. The lowest BCUT2D eigenvalue weighted by atomic mass is 9.80. The minimum atomic E-state index is -0.0522. The summed E-state index contributed by atoms with van der Waals surface area (Å²) in [6, 6.07) is 4.05. The summed E-state index contributed by atoms with van der Waals surface area (Å²) in [5.74, 6) is 0.682. The number of carbonyl (C=O) groups is 1. The Hall–Kier alpha value is -1.45. The summed E-state index contributed by atoms with van der Waals surface area (Å²) >= 11 is 0. The van der Waals surface area contributed by atoms with Crippen molar-refractivity contribution in [1.29, 1.82) is 0 Å². The zero-order valence-corrected chi connectivity index (χ0v) is 11.1. The van der Waals surface area contributed by atoms with E-state index in [4.69, 9.17) is 4.74 Å². The van der Waals surface area contributed by atoms with Crippen molar-refractivity contribution in [1.82, 2.24) is 10.2 Å². The van der Waals surface area contributed by atoms with Crippen LogP contribution in [-0.4, -0.2) is 23.3 Å². The number of hydrogen-bond acceptors (Lipinski definition) is 4. The number of hydrogen-bond donors (Lipinski definition) is 0. The third kappa shape index (κ3) is 3.28. The Labute approximate surface area is 108 Å². The van der Waals surface area contributed by atoms with E-state index in [1.165, 1.54) is 7.11 Å². The molecule has 0 saturated heterocycles. The first-order valence-electron chi connectivity index (χ1n) is 6.56. The molecule has 1 aromatic heterocycles. The highest BCUT2D eigenvalue weighted by atomic mass is 16.5. The molecule has 1 fully saturated rings. The predicted molar refractivity (Wildman–Crippen MR) is 67.9 cm³/mol. The molecule has 0 aliphatic heterocycles. The SMILES string of the molecule is COC(=O)[C@H]1CC[C@H](Cc2ccc(C)nn2)CC1. The van der Waals surface area contributed by atoms with Crippen LogP contribution < -0.4 is 0 Å². The van der Waals surface area contributed by atoms with Gasteiger partial charge >= 0.3 is 5.97 Å². The van der Waals surface area contributed by atoms with Crippen LogP contribution in [0, 0.1) is 18.8 Å². The fraction of sp³-hybridized carbons (Fsp3) is 0.643. The molecule has 0 aromatic carbocycles. The number of ether oxygens (including phenoxy) is 1. The number of methoxy groups -OCH3 is 1. The van der Waals surface area contributed by atoms with Gasteiger partial charge in [-0.05, 0) is 57.1 Å². The Morgan fingerprint density at radius 2 is 2.00 bits per heavy atom. The summed E-state index contributed by atoms with van der Waals surface area (Å²) < 4.78 is 4.80. The summed E-state index contributed by atoms with van der Waals surface area (Å²) in [6.45, 7) is 1.94. The third-order valence-corrected chi connectivity index (χ3v) is 3.73. The van der Waals surface area contributed by atoms with E-state index in [0.717, 1.165) is 43.5 Å². The largest absolute Gasteiger partial charge is 0.469 e. The number of carbonyl (C=O) groups excluding carboxylic acids is 1. The van der Waals surface area contributed by atoms with Gasteiger partial charge in [0.05, 0.1) is 24.4 Å². The first kappa shape index (κ1) is 13.0. The van der Waals surface area contributed by atoms with Gasteiger partial charge in [-0.3, -0.25) is 4.79 Å². The van der Waals surface area contributed by atoms with Crippen molar-refractivity contribution in [3.8, 4) is 0 Å². The van der Waals surface area contributed by atoms with Gasteiger partial charge in [-0.25, -0.2) is 0 Å². The van der Waals surface area contributed by atoms with Gasteiger partial charge in [0.1, 0.15) is 0 Å². The van der Waals surface area contributed by atoms with E-state index in [0.29, 0.717) is 5.92 Å². The van der Waals surface area contributed by atoms with Crippen molar-refractivity contribution in [2.45, 2.75) is 39.0 Å². The molecule has 0 unspecified atom stereocenters. The van der Waals surface area contributed by atoms with Crippen LogP contribution in [0.3, 0.4) is 0 Å². The minimum Gasteiger partial charge on any atom is -0.469 e. The van der Waals surface area contributed by atoms with Gasteiger partial charge < -0.3 is 4.74 Å². The number of aromatic nitrogens is 2. The second-order valence-electron chi connectivity index (χ2n) is 5.11. The molecule has 0 spiro atoms. The molecular formula is C14H20N2O2. The van der Waals surface area contributed by atoms with Crippen molar-refractivity contribution in [3.05, 3.63) is 23.5 Å². The Bertz CT molecular complexity index is 395. The average Bonchev–Trinajstić information content (AvgIpc) is 2.41. The quantitative estimate of drug-likeness (QED) is 0.770. The molecule has 98 valence electrons. The normalized spacial score (nSPS) is 23.7. The topological polar surface area (TPSA) is 52.1 Å². The second kappa shape index (κ2) is 5.94. The fourth-order valence-corrected chi connectivity index (χ4v) is 2.60. The van der Waals surface area contributed by atoms with Gasteiger partial charge in [0.15, 0.2) is 0 Å². The van der Waals surface area contributed by atoms with Crippen molar-refractivity contribution in [3.63, 3.8) is 0 Å². The Morgan fingerprint density at radius 3 is 2.56 bits per heavy atom. The Balaban J connectivity index is 1.83. The van der Waals surface area contributed by atoms with E-state index in [-0.39, 0.29) is 11.9 Å². The molecule has 0 bridgehead atoms. The van der Waals surface area contributed by atoms with Crippen molar-refractivity contribution in [2.75, 3.05) is 7.11 Å². The van der Waals surface area contributed by atoms with Crippen LogP contribution in [0.25, 0.3) is 0 Å². The molecular weight excluding hydrogens is 228 g/mol. The van der Waals surface area contributed by atoms with Crippen LogP contribution in [0.4, 0.5) is 0 Å². The van der Waals surface area contributed by atoms with E-state index in [1.54, 1.807) is 0 Å². The van der Waals surface area contributed by atoms with E-state index in [9.17, 15) is 4.79 Å². The summed E-state index contributed by atoms with van der Waals surface area (Å²) in [6.07, 6.45) is 5.01. The zero-order valence-electron chi connectivity index (χ0n) is 11.1. The average molecular weight is 248 g/mol. The van der Waals surface area contributed by atoms with Crippen LogP contribution in [0.15, 0.2) is 12.1 Å². The van der Waals surface area contributed by atoms with Crippen LogP contribution in [-0.2, 0) is 16.0 Å². The van der Waals surface area contributed by atoms with Crippen LogP contribution >= 0.6 is 0 Å². The van der Waals surface area contributed by atoms with Crippen LogP contribution in [0.5, 0.6) is 0 Å². The van der Waals surface area contributed by atoms with Gasteiger partial charge in [0.25, 0.3) is 0 Å². The first-order valence-corrected chi connectivity index (χ1v) is 6.56. The molecule has 1 saturated carbocycles. The highest BCUT2D eigenvalue weighted by Crippen LogP contribution is 2.31. The smallest absolute Gasteiger partial charge is 0.308 e. The highest BCUT2D eigenvalue weighted by molar-refractivity contribution is 5.72. The summed E-state index contributed by atoms with van der Waals surface area (Å²) in [4.78, 5) is 11.4. The molecule has 0 atom stereocenters. The lowest BCUT2D eigenvalue weighted by Gasteiger charge is -2.26. The molecule has 1 aliphatic carbocycles. The number of aryl methyl sites for hydroxylation is 1. The van der Waals surface area contributed by atoms with Gasteiger partial charge in [0.2, 0.25) is 0 Å². The first-order chi connectivity index (χ1) is 8.69. The molecule has 1 heterocycles. The van der Waals surface area contributed by atoms with Crippen molar-refractivity contribution >= 4 is 5.97 Å². The van der Waals surface area contributed by atoms with E-state index in [1.807, 2.05) is 13.0 Å². The van der Waals surface area contributed by atoms with Gasteiger partial charge in [0, 0.05) is 0 Å². The highest BCUT2D eigenvalue weighted by Gasteiger charge is 2.27. The molecule has 0 N–H and O–H groups in total. The second-order valence-corrected chi connectivity index (χ2v) is 5.11. The lowest BCUT2D eigenvalue weighted by Crippen LogP contribution is -2.23. The third-order valence-electron chi connectivity index (χ3n) is 3.73. The maximum atomic E-state index is 11.4. The number of rotatable bonds is 3. The number of esters is 1. The van der Waals surface area contributed by atoms with Crippen LogP contribution in [0.1, 0.15) is 37.1 Å². The van der Waals surface area contributed by atoms with Crippen molar-refractivity contribution in [2.24, 2.45) is 11.8 Å². The molecule has 0 amide bonds. The van der Waals surface area contributed by atoms with E-state index in [2.05, 4.69) is 16.3 Å². The lowest BCUT2D eigenvalue weighted by molar-refractivity contribution is -0.146. The molecule has 4 heteroatoms. The molecule has 2 rings (SSSR count). The predicted octanol–water partition coefficient (Wildman–Crippen LogP) is 2.31. The summed E-state index contributed by atoms with van der Waals surface area (Å²) in [7, 11) is 1.47. The maximum Gasteiger partial charge on any atom is 0.308 e. The van der Waals surface area contributed by atoms with E-state index < -0.39 is 0 Å². The molecule has 4 nitrogen and oxygen atoms in total. The molecule has 1 aliphatic rings. The summed E-state index contributed by atoms with van der Waals surface area (Å²) in [5.41, 5.74) is 2.01. The summed E-state index contributed by atoms with van der Waals surface area (Å²) in [5, 5.41) is 8.28. The Kier molecular flexibility index (Phi) is 4.28. The standard InChI is InChI=1S/C14H20N2O2/c1-10-3-8-13(16-15-10)9-11-4-6-12(7-5-11)14(17)18-2/h3,8,11-12H,4-7,9H2,1-2H3/t11-,12-. The van der Waals surface area contributed by atoms with Crippen LogP contribution in [0.2, 0.25) is 0 Å². The van der Waals surface area contributed by atoms with Gasteiger partial charge in [-0.2, -0.15) is 10.2 Å². The fourth-order valence-electron chi connectivity index (χ4n) is 2.60. The van der Waals surface area contributed by atoms with Gasteiger partial charge in [-0.15, -0.1) is 0 Å². The number of nitrogens with zero attached hydrogens (tertiary/aromatic N) is 2. The zero-order chi connectivity index (χ0) is 13.0. The van der Waals surface area contributed by atoms with Gasteiger partial charge in [-0.1, -0.05) is 0 Å². The minimum absolute atomic E-state index is 0.0522. The molecule has 1 aromatic rings. The molecule has 18 heavy (non-hydrogen) atoms. The van der Waals surface area contributed by atoms with Crippen molar-refractivity contribution < 1.29 is 9.53 Å². The Morgan fingerprint density at radius 1 is 1.28 bits per heavy atom. The van der Waals surface area contributed by atoms with E-state index >= 15 is 0 Å². The molecule has 0 radical (unpaired) electrons. The monoisotopic (exact) mass is 248 g/mol.